The van der Waals surface area contributed by atoms with Gasteiger partial charge in [-0.05, 0) is 31.1 Å². The Bertz CT molecular complexity index is 465. The van der Waals surface area contributed by atoms with E-state index in [2.05, 4.69) is 6.58 Å². The summed E-state index contributed by atoms with van der Waals surface area (Å²) >= 11 is 0. The Kier molecular flexibility index (Phi) is 7.11. The summed E-state index contributed by atoms with van der Waals surface area (Å²) in [6, 6.07) is 6.61. The molecular weight excluding hydrogens is 256 g/mol. The second-order valence-electron chi connectivity index (χ2n) is 4.48. The quantitative estimate of drug-likeness (QED) is 0.525. The standard InChI is InChI=1S/C16H20O4/c1-2-13(17)9-5-3-4-8-12-20-15-11-7-6-10-14(15)16(18)19/h2,6-7,10-11H,1,3-5,8-9,12H2,(H,18,19). The molecule has 0 aliphatic carbocycles. The average Bonchev–Trinajstić information content (AvgIpc) is 2.46. The highest BCUT2D eigenvalue weighted by Crippen LogP contribution is 2.18. The van der Waals surface area contributed by atoms with E-state index >= 15 is 0 Å². The number of para-hydroxylation sites is 1. The van der Waals surface area contributed by atoms with Crippen LogP contribution in [0.4, 0.5) is 0 Å². The molecule has 0 saturated carbocycles. The summed E-state index contributed by atoms with van der Waals surface area (Å²) in [7, 11) is 0. The summed E-state index contributed by atoms with van der Waals surface area (Å²) < 4.78 is 5.48. The van der Waals surface area contributed by atoms with Crippen LogP contribution in [-0.2, 0) is 4.79 Å². The number of hydrogen-bond acceptors (Lipinski definition) is 3. The number of carbonyl (C=O) groups excluding carboxylic acids is 1. The van der Waals surface area contributed by atoms with Gasteiger partial charge in [-0.3, -0.25) is 4.79 Å². The van der Waals surface area contributed by atoms with Crippen molar-refractivity contribution in [2.75, 3.05) is 6.61 Å². The third-order valence-corrected chi connectivity index (χ3v) is 2.92. The molecule has 0 saturated heterocycles. The van der Waals surface area contributed by atoms with Gasteiger partial charge in [0, 0.05) is 6.42 Å². The molecule has 0 fully saturated rings. The molecule has 0 aromatic heterocycles. The molecule has 0 atom stereocenters. The van der Waals surface area contributed by atoms with Crippen LogP contribution in [0.15, 0.2) is 36.9 Å². The number of carbonyl (C=O) groups is 2. The number of ether oxygens (including phenoxy) is 1. The first-order valence-corrected chi connectivity index (χ1v) is 6.75. The number of ketones is 1. The smallest absolute Gasteiger partial charge is 0.339 e. The van der Waals surface area contributed by atoms with E-state index in [1.807, 2.05) is 0 Å². The SMILES string of the molecule is C=CC(=O)CCCCCCOc1ccccc1C(=O)O. The van der Waals surface area contributed by atoms with E-state index in [0.717, 1.165) is 25.7 Å². The highest BCUT2D eigenvalue weighted by Gasteiger charge is 2.09. The molecule has 0 aliphatic heterocycles. The third kappa shape index (κ3) is 5.69. The lowest BCUT2D eigenvalue weighted by Gasteiger charge is -2.08. The Morgan fingerprint density at radius 2 is 1.85 bits per heavy atom. The van der Waals surface area contributed by atoms with E-state index in [0.29, 0.717) is 18.8 Å². The minimum Gasteiger partial charge on any atom is -0.493 e. The molecule has 1 rings (SSSR count). The van der Waals surface area contributed by atoms with Crippen LogP contribution in [0.3, 0.4) is 0 Å². The molecule has 0 radical (unpaired) electrons. The van der Waals surface area contributed by atoms with Gasteiger partial charge in [0.2, 0.25) is 0 Å². The van der Waals surface area contributed by atoms with Crippen molar-refractivity contribution in [3.8, 4) is 5.75 Å². The van der Waals surface area contributed by atoms with Gasteiger partial charge < -0.3 is 9.84 Å². The van der Waals surface area contributed by atoms with Gasteiger partial charge in [0.15, 0.2) is 5.78 Å². The van der Waals surface area contributed by atoms with Crippen LogP contribution >= 0.6 is 0 Å². The van der Waals surface area contributed by atoms with Crippen LogP contribution in [0.1, 0.15) is 42.5 Å². The van der Waals surface area contributed by atoms with Gasteiger partial charge in [0.1, 0.15) is 11.3 Å². The minimum atomic E-state index is -0.983. The van der Waals surface area contributed by atoms with Crippen molar-refractivity contribution in [2.45, 2.75) is 32.1 Å². The van der Waals surface area contributed by atoms with Gasteiger partial charge in [0.05, 0.1) is 6.61 Å². The van der Waals surface area contributed by atoms with Gasteiger partial charge in [0.25, 0.3) is 0 Å². The molecule has 0 amide bonds. The molecule has 0 heterocycles. The predicted molar refractivity (Wildman–Crippen MR) is 77.2 cm³/mol. The molecule has 4 heteroatoms. The van der Waals surface area contributed by atoms with E-state index in [1.54, 1.807) is 18.2 Å². The fourth-order valence-electron chi connectivity index (χ4n) is 1.81. The average molecular weight is 276 g/mol. The highest BCUT2D eigenvalue weighted by molar-refractivity contribution is 5.90. The van der Waals surface area contributed by atoms with Gasteiger partial charge in [-0.15, -0.1) is 0 Å². The summed E-state index contributed by atoms with van der Waals surface area (Å²) in [5.74, 6) is -0.498. The number of rotatable bonds is 10. The third-order valence-electron chi connectivity index (χ3n) is 2.92. The van der Waals surface area contributed by atoms with Crippen LogP contribution in [0.5, 0.6) is 5.75 Å². The summed E-state index contributed by atoms with van der Waals surface area (Å²) in [4.78, 5) is 22.0. The topological polar surface area (TPSA) is 63.6 Å². The van der Waals surface area contributed by atoms with E-state index < -0.39 is 5.97 Å². The zero-order chi connectivity index (χ0) is 14.8. The largest absolute Gasteiger partial charge is 0.493 e. The van der Waals surface area contributed by atoms with Gasteiger partial charge >= 0.3 is 5.97 Å². The summed E-state index contributed by atoms with van der Waals surface area (Å²) in [5.41, 5.74) is 0.184. The Labute approximate surface area is 119 Å². The lowest BCUT2D eigenvalue weighted by molar-refractivity contribution is -0.114. The second kappa shape index (κ2) is 8.91. The normalized spacial score (nSPS) is 10.0. The lowest BCUT2D eigenvalue weighted by atomic mass is 10.1. The van der Waals surface area contributed by atoms with Crippen LogP contribution in [0, 0.1) is 0 Å². The van der Waals surface area contributed by atoms with Crippen molar-refractivity contribution in [3.05, 3.63) is 42.5 Å². The summed E-state index contributed by atoms with van der Waals surface area (Å²) in [6.45, 7) is 3.91. The maximum atomic E-state index is 11.0. The monoisotopic (exact) mass is 276 g/mol. The van der Waals surface area contributed by atoms with Crippen molar-refractivity contribution in [1.82, 2.24) is 0 Å². The molecule has 0 bridgehead atoms. The van der Waals surface area contributed by atoms with Crippen molar-refractivity contribution in [2.24, 2.45) is 0 Å². The number of carboxylic acids is 1. The Hall–Kier alpha value is -2.10. The zero-order valence-corrected chi connectivity index (χ0v) is 11.5. The van der Waals surface area contributed by atoms with Crippen molar-refractivity contribution in [1.29, 1.82) is 0 Å². The minimum absolute atomic E-state index is 0.0802. The second-order valence-corrected chi connectivity index (χ2v) is 4.48. The Morgan fingerprint density at radius 3 is 2.55 bits per heavy atom. The first-order valence-electron chi connectivity index (χ1n) is 6.75. The maximum Gasteiger partial charge on any atom is 0.339 e. The van der Waals surface area contributed by atoms with Gasteiger partial charge in [-0.25, -0.2) is 4.79 Å². The number of carboxylic acid groups (broad SMARTS) is 1. The fourth-order valence-corrected chi connectivity index (χ4v) is 1.81. The van der Waals surface area contributed by atoms with E-state index in [4.69, 9.17) is 9.84 Å². The first kappa shape index (κ1) is 16.0. The van der Waals surface area contributed by atoms with Crippen molar-refractivity contribution >= 4 is 11.8 Å². The maximum absolute atomic E-state index is 11.0. The van der Waals surface area contributed by atoms with Crippen molar-refractivity contribution in [3.63, 3.8) is 0 Å². The molecule has 1 N–H and O–H groups in total. The number of allylic oxidation sites excluding steroid dienone is 1. The number of hydrogen-bond donors (Lipinski definition) is 1. The predicted octanol–water partition coefficient (Wildman–Crippen LogP) is 3.47. The summed E-state index contributed by atoms with van der Waals surface area (Å²) in [5, 5.41) is 8.99. The molecule has 1 aromatic rings. The Morgan fingerprint density at radius 1 is 1.15 bits per heavy atom. The number of benzene rings is 1. The molecule has 0 unspecified atom stereocenters. The van der Waals surface area contributed by atoms with Gasteiger partial charge in [-0.2, -0.15) is 0 Å². The first-order chi connectivity index (χ1) is 9.65. The van der Waals surface area contributed by atoms with Crippen molar-refractivity contribution < 1.29 is 19.4 Å². The van der Waals surface area contributed by atoms with E-state index in [-0.39, 0.29) is 11.3 Å². The van der Waals surface area contributed by atoms with E-state index in [9.17, 15) is 9.59 Å². The van der Waals surface area contributed by atoms with Crippen LogP contribution < -0.4 is 4.74 Å². The molecule has 20 heavy (non-hydrogen) atoms. The molecule has 0 spiro atoms. The van der Waals surface area contributed by atoms with Gasteiger partial charge in [-0.1, -0.05) is 31.6 Å². The highest BCUT2D eigenvalue weighted by atomic mass is 16.5. The molecule has 0 aliphatic rings. The van der Waals surface area contributed by atoms with E-state index in [1.165, 1.54) is 12.1 Å². The molecule has 4 nitrogen and oxygen atoms in total. The van der Waals surface area contributed by atoms with Crippen LogP contribution in [0.2, 0.25) is 0 Å². The molecule has 108 valence electrons. The number of aromatic carboxylic acids is 1. The fraction of sp³-hybridized carbons (Fsp3) is 0.375. The van der Waals surface area contributed by atoms with Crippen LogP contribution in [-0.4, -0.2) is 23.5 Å². The summed E-state index contributed by atoms with van der Waals surface area (Å²) in [6.07, 6.45) is 5.52. The molecule has 1 aromatic carbocycles. The lowest BCUT2D eigenvalue weighted by Crippen LogP contribution is -2.04. The van der Waals surface area contributed by atoms with Crippen LogP contribution in [0.25, 0.3) is 0 Å². The Balaban J connectivity index is 2.20. The molecular formula is C16H20O4. The number of unbranched alkanes of at least 4 members (excludes halogenated alkanes) is 3. The zero-order valence-electron chi connectivity index (χ0n) is 11.5.